The van der Waals surface area contributed by atoms with E-state index in [0.29, 0.717) is 22.9 Å². The fourth-order valence-corrected chi connectivity index (χ4v) is 2.25. The molecule has 0 atom stereocenters. The number of hydrazine groups is 1. The molecule has 0 unspecified atom stereocenters. The van der Waals surface area contributed by atoms with E-state index in [1.54, 1.807) is 30.7 Å². The molecule has 1 aromatic carbocycles. The van der Waals surface area contributed by atoms with Crippen LogP contribution in [0, 0.1) is 0 Å². The Morgan fingerprint density at radius 2 is 1.92 bits per heavy atom. The van der Waals surface area contributed by atoms with E-state index in [0.717, 1.165) is 16.8 Å². The minimum atomic E-state index is 0.374. The Balaban J connectivity index is 2.06. The van der Waals surface area contributed by atoms with Crippen molar-refractivity contribution in [2.24, 2.45) is 0 Å². The minimum absolute atomic E-state index is 0.374. The van der Waals surface area contributed by atoms with Gasteiger partial charge in [0.05, 0.1) is 23.8 Å². The maximum atomic E-state index is 10.6. The van der Waals surface area contributed by atoms with E-state index >= 15 is 0 Å². The largest absolute Gasteiger partial charge is 0.351 e. The number of anilines is 3. The van der Waals surface area contributed by atoms with Crippen molar-refractivity contribution in [3.8, 4) is 11.1 Å². The highest BCUT2D eigenvalue weighted by atomic mass is 35.5. The highest BCUT2D eigenvalue weighted by Gasteiger charge is 2.13. The van der Waals surface area contributed by atoms with Gasteiger partial charge in [-0.3, -0.25) is 20.6 Å². The molecule has 0 fully saturated rings. The molecule has 7 nitrogen and oxygen atoms in total. The summed E-state index contributed by atoms with van der Waals surface area (Å²) in [4.78, 5) is 14.7. The van der Waals surface area contributed by atoms with Crippen LogP contribution in [-0.4, -0.2) is 21.6 Å². The number of pyridine rings is 1. The van der Waals surface area contributed by atoms with Crippen LogP contribution in [0.2, 0.25) is 5.02 Å². The second kappa shape index (κ2) is 7.38. The Kier molecular flexibility index (Phi) is 4.83. The fraction of sp³-hybridized carbons (Fsp3) is 0. The molecule has 8 heteroatoms. The standard InChI is InChI=1S/C16H13ClN6O/c17-12-5-3-11(4-6-12)14-9-19-22-16(23-20-10-24)15(14)21-13-2-1-7-18-8-13/h1-10H,(H,19,21)(H,20,24)(H,22,23). The van der Waals surface area contributed by atoms with Crippen LogP contribution in [0.15, 0.2) is 55.0 Å². The highest BCUT2D eigenvalue weighted by Crippen LogP contribution is 2.34. The molecular weight excluding hydrogens is 328 g/mol. The number of carbonyl (C=O) groups is 1. The normalized spacial score (nSPS) is 10.0. The average molecular weight is 341 g/mol. The molecule has 0 saturated carbocycles. The third kappa shape index (κ3) is 3.58. The Bertz CT molecular complexity index is 826. The van der Waals surface area contributed by atoms with Crippen LogP contribution in [0.1, 0.15) is 0 Å². The molecule has 0 aliphatic heterocycles. The van der Waals surface area contributed by atoms with Gasteiger partial charge in [0.25, 0.3) is 0 Å². The lowest BCUT2D eigenvalue weighted by Crippen LogP contribution is -2.21. The molecule has 0 radical (unpaired) electrons. The van der Waals surface area contributed by atoms with Gasteiger partial charge in [-0.15, -0.1) is 5.10 Å². The molecule has 24 heavy (non-hydrogen) atoms. The molecule has 0 spiro atoms. The molecule has 3 N–H and O–H groups in total. The number of amides is 1. The zero-order chi connectivity index (χ0) is 16.8. The van der Waals surface area contributed by atoms with Crippen molar-refractivity contribution < 1.29 is 4.79 Å². The van der Waals surface area contributed by atoms with Crippen molar-refractivity contribution in [3.05, 3.63) is 60.0 Å². The van der Waals surface area contributed by atoms with Gasteiger partial charge in [0.15, 0.2) is 5.82 Å². The summed E-state index contributed by atoms with van der Waals surface area (Å²) in [6, 6.07) is 11.0. The van der Waals surface area contributed by atoms with Gasteiger partial charge in [-0.2, -0.15) is 5.10 Å². The molecule has 120 valence electrons. The van der Waals surface area contributed by atoms with Crippen molar-refractivity contribution >= 4 is 35.2 Å². The number of nitrogens with zero attached hydrogens (tertiary/aromatic N) is 3. The second-order valence-electron chi connectivity index (χ2n) is 4.74. The molecule has 0 aliphatic carbocycles. The monoisotopic (exact) mass is 340 g/mol. The molecule has 0 saturated heterocycles. The zero-order valence-electron chi connectivity index (χ0n) is 12.4. The quantitative estimate of drug-likeness (QED) is 0.472. The van der Waals surface area contributed by atoms with Crippen LogP contribution < -0.4 is 16.2 Å². The smallest absolute Gasteiger partial charge is 0.225 e. The molecule has 3 aromatic rings. The van der Waals surface area contributed by atoms with Crippen molar-refractivity contribution in [1.82, 2.24) is 20.6 Å². The number of hydrogen-bond acceptors (Lipinski definition) is 6. The van der Waals surface area contributed by atoms with Gasteiger partial charge in [-0.05, 0) is 29.8 Å². The van der Waals surface area contributed by atoms with Gasteiger partial charge in [0.1, 0.15) is 0 Å². The summed E-state index contributed by atoms with van der Waals surface area (Å²) in [6.45, 7) is 0. The Labute approximate surface area is 143 Å². The zero-order valence-corrected chi connectivity index (χ0v) is 13.2. The van der Waals surface area contributed by atoms with Gasteiger partial charge in [0.2, 0.25) is 6.41 Å². The van der Waals surface area contributed by atoms with E-state index in [9.17, 15) is 4.79 Å². The number of carbonyl (C=O) groups excluding carboxylic acids is 1. The van der Waals surface area contributed by atoms with Gasteiger partial charge in [0, 0.05) is 16.8 Å². The highest BCUT2D eigenvalue weighted by molar-refractivity contribution is 6.30. The van der Waals surface area contributed by atoms with E-state index in [2.05, 4.69) is 31.3 Å². The average Bonchev–Trinajstić information content (AvgIpc) is 2.62. The van der Waals surface area contributed by atoms with E-state index in [-0.39, 0.29) is 0 Å². The van der Waals surface area contributed by atoms with Crippen LogP contribution in [0.4, 0.5) is 17.2 Å². The molecule has 0 bridgehead atoms. The van der Waals surface area contributed by atoms with E-state index < -0.39 is 0 Å². The van der Waals surface area contributed by atoms with Crippen molar-refractivity contribution in [1.29, 1.82) is 0 Å². The van der Waals surface area contributed by atoms with Crippen molar-refractivity contribution in [2.75, 3.05) is 10.7 Å². The first-order chi connectivity index (χ1) is 11.8. The molecular formula is C16H13ClN6O. The van der Waals surface area contributed by atoms with Crippen LogP contribution >= 0.6 is 11.6 Å². The topological polar surface area (TPSA) is 91.8 Å². The SMILES string of the molecule is O=CNNc1nncc(-c2ccc(Cl)cc2)c1Nc1cccnc1. The number of rotatable bonds is 6. The van der Waals surface area contributed by atoms with Crippen LogP contribution in [0.3, 0.4) is 0 Å². The van der Waals surface area contributed by atoms with Crippen LogP contribution in [-0.2, 0) is 4.79 Å². The Hall–Kier alpha value is -3.19. The van der Waals surface area contributed by atoms with Gasteiger partial charge < -0.3 is 5.32 Å². The third-order valence-electron chi connectivity index (χ3n) is 3.19. The fourth-order valence-electron chi connectivity index (χ4n) is 2.13. The summed E-state index contributed by atoms with van der Waals surface area (Å²) in [7, 11) is 0. The summed E-state index contributed by atoms with van der Waals surface area (Å²) < 4.78 is 0. The molecule has 2 aromatic heterocycles. The summed E-state index contributed by atoms with van der Waals surface area (Å²) in [5.74, 6) is 0.374. The third-order valence-corrected chi connectivity index (χ3v) is 3.44. The van der Waals surface area contributed by atoms with E-state index in [1.165, 1.54) is 0 Å². The number of nitrogens with one attached hydrogen (secondary N) is 3. The van der Waals surface area contributed by atoms with E-state index in [1.807, 2.05) is 24.3 Å². The summed E-state index contributed by atoms with van der Waals surface area (Å²) in [5, 5.41) is 11.9. The second-order valence-corrected chi connectivity index (χ2v) is 5.18. The molecule has 3 rings (SSSR count). The van der Waals surface area contributed by atoms with Gasteiger partial charge in [-0.25, -0.2) is 0 Å². The number of aromatic nitrogens is 3. The number of benzene rings is 1. The van der Waals surface area contributed by atoms with Gasteiger partial charge >= 0.3 is 0 Å². The summed E-state index contributed by atoms with van der Waals surface area (Å²) in [5.41, 5.74) is 8.18. The van der Waals surface area contributed by atoms with Gasteiger partial charge in [-0.1, -0.05) is 23.7 Å². The lowest BCUT2D eigenvalue weighted by molar-refractivity contribution is -0.109. The van der Waals surface area contributed by atoms with Crippen LogP contribution in [0.25, 0.3) is 11.1 Å². The maximum absolute atomic E-state index is 10.6. The summed E-state index contributed by atoms with van der Waals surface area (Å²) in [6.07, 6.45) is 5.52. The maximum Gasteiger partial charge on any atom is 0.225 e. The van der Waals surface area contributed by atoms with Crippen LogP contribution in [0.5, 0.6) is 0 Å². The van der Waals surface area contributed by atoms with Crippen molar-refractivity contribution in [3.63, 3.8) is 0 Å². The Morgan fingerprint density at radius 1 is 1.08 bits per heavy atom. The minimum Gasteiger partial charge on any atom is -0.351 e. The first kappa shape index (κ1) is 15.7. The Morgan fingerprint density at radius 3 is 2.62 bits per heavy atom. The number of halogens is 1. The predicted molar refractivity (Wildman–Crippen MR) is 92.8 cm³/mol. The van der Waals surface area contributed by atoms with E-state index in [4.69, 9.17) is 11.6 Å². The van der Waals surface area contributed by atoms with Crippen molar-refractivity contribution in [2.45, 2.75) is 0 Å². The first-order valence-corrected chi connectivity index (χ1v) is 7.39. The summed E-state index contributed by atoms with van der Waals surface area (Å²) >= 11 is 5.96. The molecule has 1 amide bonds. The lowest BCUT2D eigenvalue weighted by atomic mass is 10.1. The first-order valence-electron chi connectivity index (χ1n) is 7.02. The lowest BCUT2D eigenvalue weighted by Gasteiger charge is -2.15. The molecule has 2 heterocycles. The number of hydrogen-bond donors (Lipinski definition) is 3. The predicted octanol–water partition coefficient (Wildman–Crippen LogP) is 3.01. The molecule has 0 aliphatic rings.